The van der Waals surface area contributed by atoms with Crippen LogP contribution >= 0.6 is 68.4 Å². The van der Waals surface area contributed by atoms with Crippen LogP contribution in [0.2, 0.25) is 10.0 Å². The van der Waals surface area contributed by atoms with E-state index < -0.39 is 0 Å². The van der Waals surface area contributed by atoms with Crippen molar-refractivity contribution in [3.05, 3.63) is 32.3 Å². The first-order valence-corrected chi connectivity index (χ1v) is 7.93. The molecule has 4 heteroatoms. The fourth-order valence-electron chi connectivity index (χ4n) is 1.36. The number of halogens is 4. The Morgan fingerprint density at radius 3 is 1.36 bits per heavy atom. The quantitative estimate of drug-likeness (QED) is 0.410. The van der Waals surface area contributed by atoms with Crippen LogP contribution in [0.1, 0.15) is 22.3 Å². The SMILES string of the molecule is Cc1c(C)c(CI)c(Cl)c(Cl)c1CI. The molecule has 0 N–H and O–H groups in total. The molecule has 78 valence electrons. The Hall–Kier alpha value is 1.26. The summed E-state index contributed by atoms with van der Waals surface area (Å²) in [4.78, 5) is 0. The first-order chi connectivity index (χ1) is 6.54. The molecule has 0 aliphatic rings. The van der Waals surface area contributed by atoms with E-state index >= 15 is 0 Å². The Morgan fingerprint density at radius 2 is 1.14 bits per heavy atom. The third kappa shape index (κ3) is 2.33. The van der Waals surface area contributed by atoms with Crippen molar-refractivity contribution in [2.45, 2.75) is 22.7 Å². The molecule has 0 bridgehead atoms. The summed E-state index contributed by atoms with van der Waals surface area (Å²) >= 11 is 17.1. The molecule has 0 atom stereocenters. The number of hydrogen-bond donors (Lipinski definition) is 0. The van der Waals surface area contributed by atoms with Crippen molar-refractivity contribution in [2.75, 3.05) is 0 Å². The number of rotatable bonds is 2. The highest BCUT2D eigenvalue weighted by molar-refractivity contribution is 14.1. The molecule has 0 amide bonds. The first kappa shape index (κ1) is 13.3. The van der Waals surface area contributed by atoms with E-state index in [-0.39, 0.29) is 0 Å². The summed E-state index contributed by atoms with van der Waals surface area (Å²) in [5.41, 5.74) is 4.90. The monoisotopic (exact) mass is 454 g/mol. The van der Waals surface area contributed by atoms with E-state index in [4.69, 9.17) is 23.2 Å². The number of alkyl halides is 2. The lowest BCUT2D eigenvalue weighted by molar-refractivity contribution is 1.21. The van der Waals surface area contributed by atoms with Gasteiger partial charge in [-0.05, 0) is 36.1 Å². The second kappa shape index (κ2) is 5.55. The lowest BCUT2D eigenvalue weighted by atomic mass is 10.00. The van der Waals surface area contributed by atoms with E-state index in [2.05, 4.69) is 59.0 Å². The van der Waals surface area contributed by atoms with Crippen molar-refractivity contribution in [3.8, 4) is 0 Å². The predicted molar refractivity (Wildman–Crippen MR) is 81.4 cm³/mol. The van der Waals surface area contributed by atoms with Gasteiger partial charge in [-0.25, -0.2) is 0 Å². The lowest BCUT2D eigenvalue weighted by Crippen LogP contribution is -1.97. The molecule has 1 rings (SSSR count). The van der Waals surface area contributed by atoms with E-state index in [0.717, 1.165) is 18.9 Å². The van der Waals surface area contributed by atoms with Gasteiger partial charge in [0.2, 0.25) is 0 Å². The van der Waals surface area contributed by atoms with Crippen molar-refractivity contribution in [1.29, 1.82) is 0 Å². The fraction of sp³-hybridized carbons (Fsp3) is 0.400. The third-order valence-electron chi connectivity index (χ3n) is 2.46. The molecule has 0 radical (unpaired) electrons. The van der Waals surface area contributed by atoms with Crippen LogP contribution in [0.15, 0.2) is 0 Å². The molecule has 0 saturated carbocycles. The second-order valence-electron chi connectivity index (χ2n) is 3.10. The van der Waals surface area contributed by atoms with Gasteiger partial charge < -0.3 is 0 Å². The van der Waals surface area contributed by atoms with E-state index in [1.54, 1.807) is 0 Å². The van der Waals surface area contributed by atoms with Crippen molar-refractivity contribution < 1.29 is 0 Å². The van der Waals surface area contributed by atoms with Gasteiger partial charge in [-0.2, -0.15) is 0 Å². The zero-order valence-electron chi connectivity index (χ0n) is 7.93. The highest BCUT2D eigenvalue weighted by Gasteiger charge is 2.15. The van der Waals surface area contributed by atoms with Gasteiger partial charge >= 0.3 is 0 Å². The van der Waals surface area contributed by atoms with Crippen LogP contribution < -0.4 is 0 Å². The second-order valence-corrected chi connectivity index (χ2v) is 5.38. The number of hydrogen-bond acceptors (Lipinski definition) is 0. The van der Waals surface area contributed by atoms with Crippen LogP contribution in [0, 0.1) is 13.8 Å². The Labute approximate surface area is 122 Å². The van der Waals surface area contributed by atoms with Gasteiger partial charge in [0.1, 0.15) is 0 Å². The molecule has 0 heterocycles. The maximum absolute atomic E-state index is 6.21. The Kier molecular flexibility index (Phi) is 5.28. The first-order valence-electron chi connectivity index (χ1n) is 4.12. The maximum atomic E-state index is 6.21. The average molecular weight is 455 g/mol. The molecule has 0 unspecified atom stereocenters. The minimum atomic E-state index is 0.732. The van der Waals surface area contributed by atoms with Gasteiger partial charge in [0.05, 0.1) is 10.0 Å². The summed E-state index contributed by atoms with van der Waals surface area (Å²) in [6.45, 7) is 4.22. The van der Waals surface area contributed by atoms with E-state index in [1.807, 2.05) is 0 Å². The van der Waals surface area contributed by atoms with E-state index in [1.165, 1.54) is 22.3 Å². The molecule has 1 aromatic rings. The average Bonchev–Trinajstić information content (AvgIpc) is 2.17. The van der Waals surface area contributed by atoms with E-state index in [0.29, 0.717) is 0 Å². The van der Waals surface area contributed by atoms with Crippen LogP contribution in [-0.4, -0.2) is 0 Å². The van der Waals surface area contributed by atoms with Gasteiger partial charge in [-0.15, -0.1) is 0 Å². The minimum Gasteiger partial charge on any atom is -0.0824 e. The highest BCUT2D eigenvalue weighted by atomic mass is 127. The Morgan fingerprint density at radius 1 is 0.857 bits per heavy atom. The molecular weight excluding hydrogens is 445 g/mol. The van der Waals surface area contributed by atoms with Crippen LogP contribution in [0.4, 0.5) is 0 Å². The van der Waals surface area contributed by atoms with Gasteiger partial charge in [0.25, 0.3) is 0 Å². The van der Waals surface area contributed by atoms with Gasteiger partial charge in [0.15, 0.2) is 0 Å². The lowest BCUT2D eigenvalue weighted by Gasteiger charge is -2.15. The van der Waals surface area contributed by atoms with Crippen LogP contribution in [0.25, 0.3) is 0 Å². The van der Waals surface area contributed by atoms with Crippen molar-refractivity contribution in [3.63, 3.8) is 0 Å². The third-order valence-corrected chi connectivity index (χ3v) is 4.91. The molecule has 0 aliphatic heterocycles. The summed E-state index contributed by atoms with van der Waals surface area (Å²) in [7, 11) is 0. The normalized spacial score (nSPS) is 10.7. The van der Waals surface area contributed by atoms with E-state index in [9.17, 15) is 0 Å². The zero-order valence-corrected chi connectivity index (χ0v) is 13.8. The minimum absolute atomic E-state index is 0.732. The van der Waals surface area contributed by atoms with Gasteiger partial charge in [-0.1, -0.05) is 68.4 Å². The molecule has 0 spiro atoms. The number of benzene rings is 1. The topological polar surface area (TPSA) is 0 Å². The van der Waals surface area contributed by atoms with Crippen LogP contribution in [0.3, 0.4) is 0 Å². The smallest absolute Gasteiger partial charge is 0.0638 e. The molecule has 1 aromatic carbocycles. The summed E-state index contributed by atoms with van der Waals surface area (Å²) in [5, 5.41) is 1.46. The molecule has 0 aliphatic carbocycles. The Balaban J connectivity index is 3.55. The summed E-state index contributed by atoms with van der Waals surface area (Å²) in [6.07, 6.45) is 0. The molecule has 0 fully saturated rings. The van der Waals surface area contributed by atoms with Gasteiger partial charge in [0, 0.05) is 8.86 Å². The maximum Gasteiger partial charge on any atom is 0.0638 e. The molecule has 14 heavy (non-hydrogen) atoms. The summed E-state index contributed by atoms with van der Waals surface area (Å²) < 4.78 is 1.81. The highest BCUT2D eigenvalue weighted by Crippen LogP contribution is 2.37. The fourth-order valence-corrected chi connectivity index (χ4v) is 4.37. The Bertz CT molecular complexity index is 298. The molecule has 0 nitrogen and oxygen atoms in total. The van der Waals surface area contributed by atoms with Crippen LogP contribution in [0.5, 0.6) is 0 Å². The molecule has 0 saturated heterocycles. The van der Waals surface area contributed by atoms with Crippen molar-refractivity contribution in [1.82, 2.24) is 0 Å². The van der Waals surface area contributed by atoms with Crippen LogP contribution in [-0.2, 0) is 8.86 Å². The predicted octanol–water partition coefficient (Wildman–Crippen LogP) is 5.48. The van der Waals surface area contributed by atoms with Crippen molar-refractivity contribution in [2.24, 2.45) is 0 Å². The molecular formula is C10H10Cl2I2. The standard InChI is InChI=1S/C10H10Cl2I2/c1-5-6(2)8(4-14)10(12)9(11)7(5)3-13/h3-4H2,1-2H3. The van der Waals surface area contributed by atoms with Crippen molar-refractivity contribution >= 4 is 68.4 Å². The van der Waals surface area contributed by atoms with Gasteiger partial charge in [-0.3, -0.25) is 0 Å². The summed E-state index contributed by atoms with van der Waals surface area (Å²) in [5.74, 6) is 0. The summed E-state index contributed by atoms with van der Waals surface area (Å²) in [6, 6.07) is 0. The zero-order chi connectivity index (χ0) is 10.9. The largest absolute Gasteiger partial charge is 0.0824 e. The molecule has 0 aromatic heterocycles.